The number of benzene rings is 1. The third-order valence-electron chi connectivity index (χ3n) is 1.04. The Morgan fingerprint density at radius 3 is 1.90 bits per heavy atom. The molecule has 0 unspecified atom stereocenters. The van der Waals surface area contributed by atoms with E-state index in [-0.39, 0.29) is 6.61 Å². The molecule has 3 rings (SSSR count). The van der Waals surface area contributed by atoms with Gasteiger partial charge in [-0.25, -0.2) is 0 Å². The van der Waals surface area contributed by atoms with Crippen molar-refractivity contribution in [1.29, 1.82) is 0 Å². The first-order chi connectivity index (χ1) is 4.86. The fourth-order valence-electron chi connectivity index (χ4n) is 0.679. The van der Waals surface area contributed by atoms with Crippen LogP contribution in [0.25, 0.3) is 0 Å². The van der Waals surface area contributed by atoms with Crippen molar-refractivity contribution in [3.05, 3.63) is 24.3 Å². The van der Waals surface area contributed by atoms with Crippen molar-refractivity contribution in [2.24, 2.45) is 0 Å². The van der Waals surface area contributed by atoms with Crippen LogP contribution in [0.15, 0.2) is 24.3 Å². The van der Waals surface area contributed by atoms with Gasteiger partial charge in [0.25, 0.3) is 0 Å². The smallest absolute Gasteiger partial charge is 0.131 e. The summed E-state index contributed by atoms with van der Waals surface area (Å²) < 4.78 is 5.01. The van der Waals surface area contributed by atoms with Gasteiger partial charge in [0.05, 0.1) is 0 Å². The Hall–Kier alpha value is -1.02. The van der Waals surface area contributed by atoms with E-state index in [1.807, 2.05) is 24.3 Å². The Kier molecular flexibility index (Phi) is 2.29. The Labute approximate surface area is 60.1 Å². The van der Waals surface area contributed by atoms with Gasteiger partial charge in [0.2, 0.25) is 0 Å². The minimum Gasteiger partial charge on any atom is -0.457 e. The zero-order chi connectivity index (χ0) is 7.40. The zero-order valence-electron chi connectivity index (χ0n) is 5.87. The zero-order valence-corrected chi connectivity index (χ0v) is 5.87. The molecule has 2 heteroatoms. The molecule has 0 aromatic heterocycles. The first-order valence-corrected chi connectivity index (χ1v) is 3.25. The lowest BCUT2D eigenvalue weighted by atomic mass is 10.2. The van der Waals surface area contributed by atoms with Crippen LogP contribution in [0.5, 0.6) is 11.5 Å². The van der Waals surface area contributed by atoms with Crippen molar-refractivity contribution in [2.45, 2.75) is 6.92 Å². The molecule has 0 radical (unpaired) electrons. The topological polar surface area (TPSA) is 29.5 Å². The fraction of sp³-hybridized carbons (Fsp3) is 0.250. The van der Waals surface area contributed by atoms with Crippen molar-refractivity contribution < 1.29 is 9.84 Å². The maximum atomic E-state index is 7.57. The Morgan fingerprint density at radius 1 is 1.40 bits per heavy atom. The Bertz CT molecular complexity index is 183. The van der Waals surface area contributed by atoms with Gasteiger partial charge in [-0.15, -0.1) is 0 Å². The average molecular weight is 138 g/mol. The van der Waals surface area contributed by atoms with Crippen LogP contribution < -0.4 is 4.74 Å². The monoisotopic (exact) mass is 138 g/mol. The minimum atomic E-state index is 0.250. The van der Waals surface area contributed by atoms with Crippen LogP contribution >= 0.6 is 0 Å². The van der Waals surface area contributed by atoms with Gasteiger partial charge < -0.3 is 9.84 Å². The first-order valence-electron chi connectivity index (χ1n) is 3.25. The normalized spacial score (nSPS) is 10.2. The lowest BCUT2D eigenvalue weighted by molar-refractivity contribution is 0.318. The molecule has 0 fully saturated rings. The summed E-state index contributed by atoms with van der Waals surface area (Å²) in [6, 6.07) is 7.86. The number of fused-ring (bicyclic) bond motifs is 2. The lowest BCUT2D eigenvalue weighted by Gasteiger charge is -2.13. The number of aliphatic hydroxyl groups is 1. The summed E-state index contributed by atoms with van der Waals surface area (Å²) in [6.45, 7) is 1.93. The van der Waals surface area contributed by atoms with E-state index in [2.05, 4.69) is 0 Å². The van der Waals surface area contributed by atoms with E-state index >= 15 is 0 Å². The molecule has 2 aliphatic rings. The maximum Gasteiger partial charge on any atom is 0.131 e. The van der Waals surface area contributed by atoms with Crippen molar-refractivity contribution in [3.8, 4) is 11.5 Å². The predicted octanol–water partition coefficient (Wildman–Crippen LogP) is 1.79. The van der Waals surface area contributed by atoms with Gasteiger partial charge >= 0.3 is 0 Å². The molecule has 2 bridgehead atoms. The van der Waals surface area contributed by atoms with E-state index in [1.54, 1.807) is 6.92 Å². The molecular weight excluding hydrogens is 128 g/mol. The summed E-state index contributed by atoms with van der Waals surface area (Å²) in [7, 11) is 0. The molecule has 1 N–H and O–H groups in total. The second-order valence-corrected chi connectivity index (χ2v) is 1.89. The third-order valence-corrected chi connectivity index (χ3v) is 1.04. The molecule has 0 atom stereocenters. The molecule has 2 heterocycles. The number of hydrogen-bond acceptors (Lipinski definition) is 2. The number of ether oxygens (including phenoxy) is 1. The van der Waals surface area contributed by atoms with Crippen LogP contribution in [0.3, 0.4) is 0 Å². The maximum absolute atomic E-state index is 7.57. The van der Waals surface area contributed by atoms with Crippen molar-refractivity contribution >= 4 is 0 Å². The highest BCUT2D eigenvalue weighted by Gasteiger charge is 2.05. The molecule has 0 saturated heterocycles. The molecule has 0 aliphatic carbocycles. The summed E-state index contributed by atoms with van der Waals surface area (Å²) in [6.07, 6.45) is 0. The molecule has 0 spiro atoms. The van der Waals surface area contributed by atoms with Crippen LogP contribution in [0, 0.1) is 0 Å². The Balaban J connectivity index is 0.000000148. The van der Waals surface area contributed by atoms with Crippen LogP contribution in [-0.4, -0.2) is 11.7 Å². The largest absolute Gasteiger partial charge is 0.457 e. The highest BCUT2D eigenvalue weighted by molar-refractivity contribution is 5.43. The second kappa shape index (κ2) is 3.22. The van der Waals surface area contributed by atoms with E-state index in [0.29, 0.717) is 0 Å². The summed E-state index contributed by atoms with van der Waals surface area (Å²) in [5.41, 5.74) is 0. The number of rotatable bonds is 0. The first kappa shape index (κ1) is 7.09. The van der Waals surface area contributed by atoms with Crippen LogP contribution in [0.1, 0.15) is 6.92 Å². The lowest BCUT2D eigenvalue weighted by Crippen LogP contribution is -1.91. The van der Waals surface area contributed by atoms with Gasteiger partial charge in [0.1, 0.15) is 11.5 Å². The van der Waals surface area contributed by atoms with E-state index in [0.717, 1.165) is 11.5 Å². The summed E-state index contributed by atoms with van der Waals surface area (Å²) in [5, 5.41) is 7.57. The molecule has 1 aromatic rings. The quantitative estimate of drug-likeness (QED) is 0.601. The summed E-state index contributed by atoms with van der Waals surface area (Å²) in [5.74, 6) is 1.97. The van der Waals surface area contributed by atoms with Crippen LogP contribution in [0.2, 0.25) is 0 Å². The van der Waals surface area contributed by atoms with E-state index in [1.165, 1.54) is 0 Å². The van der Waals surface area contributed by atoms with Crippen LogP contribution in [0.4, 0.5) is 0 Å². The fourth-order valence-corrected chi connectivity index (χ4v) is 0.679. The minimum absolute atomic E-state index is 0.250. The average Bonchev–Trinajstić information content (AvgIpc) is 1.90. The predicted molar refractivity (Wildman–Crippen MR) is 39.3 cm³/mol. The molecule has 0 amide bonds. The molecule has 10 heavy (non-hydrogen) atoms. The molecule has 54 valence electrons. The standard InChI is InChI=1S/C6H4O.C2H6O/c1-2-5-4-6(3-1)7-5;1-2-3/h1-4H;3H,2H2,1H3. The second-order valence-electron chi connectivity index (χ2n) is 1.89. The van der Waals surface area contributed by atoms with Gasteiger partial charge in [-0.05, 0) is 19.1 Å². The van der Waals surface area contributed by atoms with Crippen molar-refractivity contribution in [1.82, 2.24) is 0 Å². The van der Waals surface area contributed by atoms with Gasteiger partial charge in [0.15, 0.2) is 0 Å². The molecule has 2 nitrogen and oxygen atoms in total. The number of aliphatic hydroxyl groups excluding tert-OH is 1. The highest BCUT2D eigenvalue weighted by Crippen LogP contribution is 2.32. The molecule has 0 saturated carbocycles. The summed E-state index contributed by atoms with van der Waals surface area (Å²) >= 11 is 0. The van der Waals surface area contributed by atoms with Gasteiger partial charge in [0, 0.05) is 12.7 Å². The van der Waals surface area contributed by atoms with Crippen LogP contribution in [-0.2, 0) is 0 Å². The van der Waals surface area contributed by atoms with Crippen molar-refractivity contribution in [2.75, 3.05) is 6.61 Å². The SMILES string of the molecule is CCO.c1cc2cc(c1)O2. The van der Waals surface area contributed by atoms with Gasteiger partial charge in [-0.2, -0.15) is 0 Å². The molecule has 1 aromatic carbocycles. The summed E-state index contributed by atoms with van der Waals surface area (Å²) in [4.78, 5) is 0. The van der Waals surface area contributed by atoms with E-state index in [4.69, 9.17) is 9.84 Å². The van der Waals surface area contributed by atoms with Gasteiger partial charge in [-0.1, -0.05) is 6.07 Å². The highest BCUT2D eigenvalue weighted by atomic mass is 16.5. The molecule has 2 aliphatic heterocycles. The van der Waals surface area contributed by atoms with E-state index in [9.17, 15) is 0 Å². The Morgan fingerprint density at radius 2 is 1.80 bits per heavy atom. The molecular formula is C8H10O2. The number of hydrogen-bond donors (Lipinski definition) is 1. The third kappa shape index (κ3) is 1.48. The van der Waals surface area contributed by atoms with Gasteiger partial charge in [-0.3, -0.25) is 0 Å². The van der Waals surface area contributed by atoms with E-state index < -0.39 is 0 Å². The van der Waals surface area contributed by atoms with Crippen molar-refractivity contribution in [3.63, 3.8) is 0 Å².